The van der Waals surface area contributed by atoms with Gasteiger partial charge < -0.3 is 4.74 Å². The first-order valence-electron chi connectivity index (χ1n) is 25.3. The molecular formula is C55H43N5OSi. The Kier molecular flexibility index (Phi) is 6.35. The fourth-order valence-corrected chi connectivity index (χ4v) is 12.3. The SMILES string of the molecule is [2H]c1c([2H])c([2H])c(-c2cccc(-c3c([2H])c([2H])c([2H])c([2H])c3[2H])c2-[n+]2[c-]n3c4c(cccc42)[Si](C)(C)c2c(C#N)cc(Oc4ccc5c6ccccc6n(-c6cc(C(C)(C)C)ccn6)c5c4)cc2-3)c([2H])c1[2H]. The number of benzene rings is 7. The first-order chi connectivity index (χ1) is 34.2. The Labute approximate surface area is 376 Å². The molecule has 0 saturated heterocycles. The molecule has 7 aromatic carbocycles. The molecule has 0 radical (unpaired) electrons. The third-order valence-electron chi connectivity index (χ3n) is 11.9. The van der Waals surface area contributed by atoms with Crippen LogP contribution in [-0.4, -0.2) is 22.2 Å². The third-order valence-corrected chi connectivity index (χ3v) is 15.5. The van der Waals surface area contributed by atoms with Crippen LogP contribution in [0.5, 0.6) is 11.5 Å². The minimum absolute atomic E-state index is 0.115. The highest BCUT2D eigenvalue weighted by Crippen LogP contribution is 2.39. The lowest BCUT2D eigenvalue weighted by Crippen LogP contribution is -2.58. The van der Waals surface area contributed by atoms with Gasteiger partial charge in [0.05, 0.1) is 58.8 Å². The molecule has 10 aromatic rings. The van der Waals surface area contributed by atoms with Crippen molar-refractivity contribution < 1.29 is 23.0 Å². The number of nitriles is 1. The molecular weight excluding hydrogens is 775 g/mol. The number of ether oxygens (including phenoxy) is 1. The van der Waals surface area contributed by atoms with E-state index in [1.54, 1.807) is 28.8 Å². The van der Waals surface area contributed by atoms with E-state index in [-0.39, 0.29) is 33.4 Å². The number of pyridine rings is 1. The van der Waals surface area contributed by atoms with Gasteiger partial charge in [-0.25, -0.2) is 4.98 Å². The Hall–Kier alpha value is -7.53. The molecule has 11 rings (SSSR count). The lowest BCUT2D eigenvalue weighted by Gasteiger charge is -2.33. The predicted molar refractivity (Wildman–Crippen MR) is 253 cm³/mol. The highest BCUT2D eigenvalue weighted by molar-refractivity contribution is 7.03. The molecule has 0 spiro atoms. The van der Waals surface area contributed by atoms with Crippen molar-refractivity contribution in [3.63, 3.8) is 0 Å². The van der Waals surface area contributed by atoms with Gasteiger partial charge in [-0.05, 0) is 86.1 Å². The molecule has 0 bridgehead atoms. The van der Waals surface area contributed by atoms with Crippen molar-refractivity contribution in [3.8, 4) is 57.0 Å². The monoisotopic (exact) mass is 827 g/mol. The van der Waals surface area contributed by atoms with Gasteiger partial charge in [0.25, 0.3) is 6.33 Å². The number of nitrogens with zero attached hydrogens (tertiary/aromatic N) is 5. The fraction of sp³-hybridized carbons (Fsp3) is 0.109. The van der Waals surface area contributed by atoms with Crippen molar-refractivity contribution in [2.45, 2.75) is 39.3 Å². The molecule has 0 fully saturated rings. The number of aromatic nitrogens is 4. The van der Waals surface area contributed by atoms with Crippen LogP contribution in [0.3, 0.4) is 0 Å². The van der Waals surface area contributed by atoms with E-state index in [0.717, 1.165) is 49.1 Å². The summed E-state index contributed by atoms with van der Waals surface area (Å²) in [5, 5.41) is 14.8. The van der Waals surface area contributed by atoms with E-state index < -0.39 is 68.5 Å². The van der Waals surface area contributed by atoms with Crippen LogP contribution < -0.4 is 19.7 Å². The summed E-state index contributed by atoms with van der Waals surface area (Å²) in [5.74, 6) is 1.66. The molecule has 7 heteroatoms. The van der Waals surface area contributed by atoms with Crippen molar-refractivity contribution in [3.05, 3.63) is 187 Å². The largest absolute Gasteiger partial charge is 0.458 e. The van der Waals surface area contributed by atoms with Crippen LogP contribution in [0.15, 0.2) is 170 Å². The molecule has 3 aromatic heterocycles. The number of rotatable bonds is 6. The fourth-order valence-electron chi connectivity index (χ4n) is 9.08. The first kappa shape index (κ1) is 28.1. The van der Waals surface area contributed by atoms with Crippen molar-refractivity contribution in [2.75, 3.05) is 0 Å². The topological polar surface area (TPSA) is 59.6 Å². The maximum absolute atomic E-state index is 11.0. The Morgan fingerprint density at radius 3 is 2.15 bits per heavy atom. The molecule has 0 saturated carbocycles. The zero-order valence-corrected chi connectivity index (χ0v) is 35.5. The van der Waals surface area contributed by atoms with Gasteiger partial charge >= 0.3 is 0 Å². The van der Waals surface area contributed by atoms with E-state index in [1.807, 2.05) is 71.4 Å². The predicted octanol–water partition coefficient (Wildman–Crippen LogP) is 11.6. The highest BCUT2D eigenvalue weighted by atomic mass is 28.3. The van der Waals surface area contributed by atoms with E-state index in [0.29, 0.717) is 28.3 Å². The van der Waals surface area contributed by atoms with Gasteiger partial charge in [0.15, 0.2) is 0 Å². The molecule has 0 N–H and O–H groups in total. The van der Waals surface area contributed by atoms with Crippen LogP contribution in [0.4, 0.5) is 0 Å². The van der Waals surface area contributed by atoms with Gasteiger partial charge in [0, 0.05) is 23.0 Å². The van der Waals surface area contributed by atoms with Crippen LogP contribution >= 0.6 is 0 Å². The summed E-state index contributed by atoms with van der Waals surface area (Å²) in [6, 6.07) is 29.5. The smallest absolute Gasteiger partial charge is 0.269 e. The van der Waals surface area contributed by atoms with Gasteiger partial charge in [-0.2, -0.15) is 5.26 Å². The molecule has 6 nitrogen and oxygen atoms in total. The second-order valence-electron chi connectivity index (χ2n) is 17.0. The van der Waals surface area contributed by atoms with E-state index in [2.05, 4.69) is 69.0 Å². The molecule has 0 unspecified atom stereocenters. The average Bonchev–Trinajstić information content (AvgIpc) is 3.91. The van der Waals surface area contributed by atoms with Crippen LogP contribution in [0.2, 0.25) is 13.1 Å². The van der Waals surface area contributed by atoms with Crippen molar-refractivity contribution in [1.82, 2.24) is 14.1 Å². The normalized spacial score (nSPS) is 15.3. The maximum Gasteiger partial charge on any atom is 0.269 e. The summed E-state index contributed by atoms with van der Waals surface area (Å²) in [6.07, 6.45) is 5.35. The summed E-state index contributed by atoms with van der Waals surface area (Å²) in [6.45, 7) is 10.8. The Morgan fingerprint density at radius 2 is 1.44 bits per heavy atom. The lowest BCUT2D eigenvalue weighted by molar-refractivity contribution is -0.571. The molecule has 0 aliphatic carbocycles. The molecule has 0 atom stereocenters. The van der Waals surface area contributed by atoms with Gasteiger partial charge in [-0.1, -0.05) is 149 Å². The Balaban J connectivity index is 1.16. The van der Waals surface area contributed by atoms with Gasteiger partial charge in [0.1, 0.15) is 25.4 Å². The summed E-state index contributed by atoms with van der Waals surface area (Å²) in [7, 11) is -2.79. The van der Waals surface area contributed by atoms with Crippen LogP contribution in [0, 0.1) is 17.7 Å². The van der Waals surface area contributed by atoms with Crippen LogP contribution in [-0.2, 0) is 5.41 Å². The molecule has 1 aliphatic heterocycles. The van der Waals surface area contributed by atoms with Crippen molar-refractivity contribution in [2.24, 2.45) is 0 Å². The standard InChI is InChI=1S/C55H43N5OSi/c1-55(2,3)39-28-29-57-51(31-39)60-46-23-13-12-20-44(46)45-27-26-40(32-48(45)60)61-41-30-38(34-56)54-49(33-41)59-35-58(47-24-15-25-50(53(47)59)62(54,4)5)52-42(36-16-8-6-9-17-36)21-14-22-43(52)37-18-10-7-11-19-37/h6-33H,1-5H3/i6D,7D,8D,9D,10D,11D,16D,17D,18D,19D. The minimum atomic E-state index is -2.79. The number of hydrogen-bond donors (Lipinski definition) is 0. The number of imidazole rings is 1. The van der Waals surface area contributed by atoms with E-state index >= 15 is 0 Å². The summed E-state index contributed by atoms with van der Waals surface area (Å²) in [5.41, 5.74) is 5.35. The number of para-hydroxylation sites is 3. The maximum atomic E-state index is 11.0. The quantitative estimate of drug-likeness (QED) is 0.0953. The van der Waals surface area contributed by atoms with Crippen molar-refractivity contribution >= 4 is 51.3 Å². The Bertz CT molecular complexity index is 3930. The van der Waals surface area contributed by atoms with Crippen molar-refractivity contribution in [1.29, 1.82) is 5.26 Å². The molecule has 62 heavy (non-hydrogen) atoms. The second kappa shape index (κ2) is 14.0. The number of fused-ring (bicyclic) bond motifs is 5. The average molecular weight is 828 g/mol. The lowest BCUT2D eigenvalue weighted by atomic mass is 9.88. The van der Waals surface area contributed by atoms with Crippen LogP contribution in [0.1, 0.15) is 45.6 Å². The number of hydrogen-bond acceptors (Lipinski definition) is 3. The summed E-state index contributed by atoms with van der Waals surface area (Å²) in [4.78, 5) is 4.84. The van der Waals surface area contributed by atoms with Gasteiger partial charge in [0.2, 0.25) is 0 Å². The highest BCUT2D eigenvalue weighted by Gasteiger charge is 2.39. The molecule has 0 amide bonds. The molecule has 4 heterocycles. The van der Waals surface area contributed by atoms with E-state index in [1.165, 1.54) is 0 Å². The molecule has 1 aliphatic rings. The van der Waals surface area contributed by atoms with E-state index in [9.17, 15) is 5.26 Å². The van der Waals surface area contributed by atoms with Gasteiger partial charge in [-0.3, -0.25) is 13.7 Å². The summed E-state index contributed by atoms with van der Waals surface area (Å²) >= 11 is 0. The second-order valence-corrected chi connectivity index (χ2v) is 21.3. The van der Waals surface area contributed by atoms with E-state index in [4.69, 9.17) is 23.4 Å². The first-order valence-corrected chi connectivity index (χ1v) is 23.3. The summed E-state index contributed by atoms with van der Waals surface area (Å²) < 4.78 is 100. The zero-order valence-electron chi connectivity index (χ0n) is 44.5. The molecule has 298 valence electrons. The van der Waals surface area contributed by atoms with Crippen LogP contribution in [0.25, 0.3) is 72.3 Å². The Morgan fingerprint density at radius 1 is 0.742 bits per heavy atom. The minimum Gasteiger partial charge on any atom is -0.458 e. The zero-order chi connectivity index (χ0) is 51.0. The van der Waals surface area contributed by atoms with Gasteiger partial charge in [-0.15, -0.1) is 0 Å². The third kappa shape index (κ3) is 5.82.